The van der Waals surface area contributed by atoms with Gasteiger partial charge in [-0.1, -0.05) is 6.92 Å². The lowest BCUT2D eigenvalue weighted by Gasteiger charge is -2.37. The summed E-state index contributed by atoms with van der Waals surface area (Å²) in [7, 11) is -3.15. The van der Waals surface area contributed by atoms with Crippen molar-refractivity contribution in [1.29, 1.82) is 0 Å². The highest BCUT2D eigenvalue weighted by atomic mass is 35.5. The molecule has 1 aromatic rings. The third kappa shape index (κ3) is 4.11. The van der Waals surface area contributed by atoms with E-state index < -0.39 is 9.84 Å². The van der Waals surface area contributed by atoms with Crippen LogP contribution in [-0.2, 0) is 14.6 Å². The average molecular weight is 332 g/mol. The normalized spacial score (nSPS) is 23.3. The van der Waals surface area contributed by atoms with Crippen molar-refractivity contribution < 1.29 is 13.2 Å². The van der Waals surface area contributed by atoms with Crippen LogP contribution < -0.4 is 4.90 Å². The molecule has 0 saturated carbocycles. The molecule has 2 rings (SSSR count). The Hall–Kier alpha value is -0.780. The third-order valence-electron chi connectivity index (χ3n) is 3.53. The number of anilines is 1. The average Bonchev–Trinajstić information content (AvgIpc) is 2.46. The van der Waals surface area contributed by atoms with Gasteiger partial charge >= 0.3 is 0 Å². The van der Waals surface area contributed by atoms with E-state index in [1.54, 1.807) is 12.1 Å². The van der Waals surface area contributed by atoms with Crippen molar-refractivity contribution in [3.63, 3.8) is 0 Å². The zero-order valence-electron chi connectivity index (χ0n) is 12.5. The fourth-order valence-corrected chi connectivity index (χ4v) is 4.09. The lowest BCUT2D eigenvalue weighted by molar-refractivity contribution is -0.00333. The second-order valence-corrected chi connectivity index (χ2v) is 7.86. The number of alkyl halides is 1. The van der Waals surface area contributed by atoms with Crippen molar-refractivity contribution in [3.05, 3.63) is 24.3 Å². The van der Waals surface area contributed by atoms with Crippen molar-refractivity contribution in [2.45, 2.75) is 37.4 Å². The predicted molar refractivity (Wildman–Crippen MR) is 86.1 cm³/mol. The second kappa shape index (κ2) is 6.99. The summed E-state index contributed by atoms with van der Waals surface area (Å²) < 4.78 is 29.8. The molecular formula is C15H22ClNO3S. The molecule has 21 heavy (non-hydrogen) atoms. The first kappa shape index (κ1) is 16.6. The van der Waals surface area contributed by atoms with Crippen molar-refractivity contribution >= 4 is 27.1 Å². The van der Waals surface area contributed by atoms with Crippen LogP contribution in [0.5, 0.6) is 0 Å². The Morgan fingerprint density at radius 2 is 1.95 bits per heavy atom. The second-order valence-electron chi connectivity index (χ2n) is 5.44. The molecule has 6 heteroatoms. The number of halogens is 1. The van der Waals surface area contributed by atoms with Crippen LogP contribution in [0.4, 0.5) is 5.69 Å². The summed E-state index contributed by atoms with van der Waals surface area (Å²) in [6.07, 6.45) is 0.757. The SMILES string of the molecule is CCCS(=O)(=O)c1ccc(N2CC(C)OC(CCl)C2)cc1. The Bertz CT molecular complexity index is 559. The maximum atomic E-state index is 12.0. The summed E-state index contributed by atoms with van der Waals surface area (Å²) in [5.41, 5.74) is 1.01. The molecule has 4 nitrogen and oxygen atoms in total. The number of ether oxygens (including phenoxy) is 1. The Balaban J connectivity index is 2.15. The van der Waals surface area contributed by atoms with Gasteiger partial charge in [0.15, 0.2) is 9.84 Å². The summed E-state index contributed by atoms with van der Waals surface area (Å²) in [5.74, 6) is 0.652. The predicted octanol–water partition coefficient (Wildman–Crippen LogP) is 2.70. The van der Waals surface area contributed by atoms with Crippen molar-refractivity contribution in [1.82, 2.24) is 0 Å². The first-order chi connectivity index (χ1) is 9.96. The minimum atomic E-state index is -3.15. The summed E-state index contributed by atoms with van der Waals surface area (Å²) in [4.78, 5) is 2.58. The van der Waals surface area contributed by atoms with E-state index in [2.05, 4.69) is 4.90 Å². The molecule has 0 radical (unpaired) electrons. The summed E-state index contributed by atoms with van der Waals surface area (Å²) in [6, 6.07) is 7.12. The van der Waals surface area contributed by atoms with Gasteiger partial charge in [-0.05, 0) is 37.6 Å². The molecule has 118 valence electrons. The van der Waals surface area contributed by atoms with Gasteiger partial charge in [0.1, 0.15) is 0 Å². The van der Waals surface area contributed by atoms with Gasteiger partial charge in [0.25, 0.3) is 0 Å². The quantitative estimate of drug-likeness (QED) is 0.778. The molecule has 0 amide bonds. The van der Waals surface area contributed by atoms with Crippen molar-refractivity contribution in [3.8, 4) is 0 Å². The zero-order valence-corrected chi connectivity index (χ0v) is 14.0. The molecule has 1 heterocycles. The highest BCUT2D eigenvalue weighted by Gasteiger charge is 2.25. The minimum absolute atomic E-state index is 0.0129. The van der Waals surface area contributed by atoms with Crippen LogP contribution in [0.1, 0.15) is 20.3 Å². The maximum absolute atomic E-state index is 12.0. The molecule has 1 saturated heterocycles. The van der Waals surface area contributed by atoms with Gasteiger partial charge in [0, 0.05) is 18.8 Å². The van der Waals surface area contributed by atoms with Gasteiger partial charge in [-0.25, -0.2) is 8.42 Å². The van der Waals surface area contributed by atoms with Crippen molar-refractivity contribution in [2.75, 3.05) is 29.6 Å². The molecule has 0 aromatic heterocycles. The third-order valence-corrected chi connectivity index (χ3v) is 5.81. The number of sulfone groups is 1. The molecule has 1 aliphatic rings. The monoisotopic (exact) mass is 331 g/mol. The number of morpholine rings is 1. The molecule has 1 aliphatic heterocycles. The van der Waals surface area contributed by atoms with Crippen LogP contribution in [0.25, 0.3) is 0 Å². The Kier molecular flexibility index (Phi) is 5.52. The molecular weight excluding hydrogens is 310 g/mol. The Morgan fingerprint density at radius 3 is 2.52 bits per heavy atom. The molecule has 0 spiro atoms. The van der Waals surface area contributed by atoms with Crippen LogP contribution in [0.15, 0.2) is 29.2 Å². The lowest BCUT2D eigenvalue weighted by atomic mass is 10.2. The minimum Gasteiger partial charge on any atom is -0.370 e. The molecule has 0 N–H and O–H groups in total. The van der Waals surface area contributed by atoms with Gasteiger partial charge in [-0.3, -0.25) is 0 Å². The van der Waals surface area contributed by atoms with Crippen LogP contribution in [0.3, 0.4) is 0 Å². The van der Waals surface area contributed by atoms with Gasteiger partial charge in [-0.15, -0.1) is 11.6 Å². The van der Waals surface area contributed by atoms with E-state index in [0.717, 1.165) is 18.8 Å². The van der Waals surface area contributed by atoms with Crippen LogP contribution in [0.2, 0.25) is 0 Å². The fraction of sp³-hybridized carbons (Fsp3) is 0.600. The molecule has 0 bridgehead atoms. The summed E-state index contributed by atoms with van der Waals surface area (Å²) in [5, 5.41) is 0. The standard InChI is InChI=1S/C15H22ClNO3S/c1-3-8-21(18,19)15-6-4-13(5-7-15)17-10-12(2)20-14(9-16)11-17/h4-7,12,14H,3,8-11H2,1-2H3. The zero-order chi connectivity index (χ0) is 15.5. The Morgan fingerprint density at radius 1 is 1.29 bits per heavy atom. The number of hydrogen-bond donors (Lipinski definition) is 0. The van der Waals surface area contributed by atoms with E-state index in [4.69, 9.17) is 16.3 Å². The van der Waals surface area contributed by atoms with E-state index in [-0.39, 0.29) is 18.0 Å². The van der Waals surface area contributed by atoms with Crippen molar-refractivity contribution in [2.24, 2.45) is 0 Å². The first-order valence-electron chi connectivity index (χ1n) is 7.25. The maximum Gasteiger partial charge on any atom is 0.178 e. The highest BCUT2D eigenvalue weighted by Crippen LogP contribution is 2.23. The molecule has 1 aromatic carbocycles. The fourth-order valence-electron chi connectivity index (χ4n) is 2.59. The highest BCUT2D eigenvalue weighted by molar-refractivity contribution is 7.91. The van der Waals surface area contributed by atoms with E-state index >= 15 is 0 Å². The van der Waals surface area contributed by atoms with E-state index in [1.807, 2.05) is 26.0 Å². The number of hydrogen-bond acceptors (Lipinski definition) is 4. The van der Waals surface area contributed by atoms with Crippen LogP contribution >= 0.6 is 11.6 Å². The molecule has 2 unspecified atom stereocenters. The molecule has 1 fully saturated rings. The lowest BCUT2D eigenvalue weighted by Crippen LogP contribution is -2.47. The van der Waals surface area contributed by atoms with E-state index in [0.29, 0.717) is 17.2 Å². The first-order valence-corrected chi connectivity index (χ1v) is 9.44. The smallest absolute Gasteiger partial charge is 0.178 e. The van der Waals surface area contributed by atoms with E-state index in [9.17, 15) is 8.42 Å². The van der Waals surface area contributed by atoms with Gasteiger partial charge in [-0.2, -0.15) is 0 Å². The number of nitrogens with zero attached hydrogens (tertiary/aromatic N) is 1. The van der Waals surface area contributed by atoms with Gasteiger partial charge in [0.05, 0.1) is 28.7 Å². The summed E-state index contributed by atoms with van der Waals surface area (Å²) >= 11 is 5.89. The van der Waals surface area contributed by atoms with Crippen LogP contribution in [-0.4, -0.2) is 45.3 Å². The molecule has 0 aliphatic carbocycles. The number of rotatable bonds is 5. The summed E-state index contributed by atoms with van der Waals surface area (Å²) in [6.45, 7) is 5.41. The van der Waals surface area contributed by atoms with Gasteiger partial charge < -0.3 is 9.64 Å². The topological polar surface area (TPSA) is 46.6 Å². The largest absolute Gasteiger partial charge is 0.370 e. The Labute approximate surface area is 132 Å². The van der Waals surface area contributed by atoms with Gasteiger partial charge in [0.2, 0.25) is 0 Å². The van der Waals surface area contributed by atoms with Crippen LogP contribution in [0, 0.1) is 0 Å². The van der Waals surface area contributed by atoms with E-state index in [1.165, 1.54) is 0 Å². The molecule has 2 atom stereocenters. The number of benzene rings is 1.